The van der Waals surface area contributed by atoms with Gasteiger partial charge < -0.3 is 10.5 Å². The second kappa shape index (κ2) is 1.95. The van der Waals surface area contributed by atoms with E-state index >= 15 is 0 Å². The highest BCUT2D eigenvalue weighted by Crippen LogP contribution is 2.33. The van der Waals surface area contributed by atoms with E-state index in [0.29, 0.717) is 0 Å². The van der Waals surface area contributed by atoms with E-state index < -0.39 is 0 Å². The van der Waals surface area contributed by atoms with Gasteiger partial charge in [-0.15, -0.1) is 0 Å². The summed E-state index contributed by atoms with van der Waals surface area (Å²) in [6, 6.07) is 0.0613. The summed E-state index contributed by atoms with van der Waals surface area (Å²) in [6.07, 6.45) is 2.96. The predicted octanol–water partition coefficient (Wildman–Crippen LogP) is 0.0392. The third-order valence-electron chi connectivity index (χ3n) is 2.44. The Bertz CT molecular complexity index is 169. The minimum atomic E-state index is -0.0741. The lowest BCUT2D eigenvalue weighted by atomic mass is 9.86. The second-order valence-corrected chi connectivity index (χ2v) is 3.14. The van der Waals surface area contributed by atoms with Crippen molar-refractivity contribution in [2.24, 2.45) is 11.7 Å². The molecule has 2 rings (SSSR count). The Labute approximate surface area is 59.5 Å². The monoisotopic (exact) mass is 141 g/mol. The normalized spacial score (nSPS) is 45.3. The number of rotatable bonds is 0. The van der Waals surface area contributed by atoms with Crippen LogP contribution in [0.4, 0.5) is 0 Å². The van der Waals surface area contributed by atoms with E-state index in [1.807, 2.05) is 0 Å². The lowest BCUT2D eigenvalue weighted by molar-refractivity contribution is -0.143. The largest absolute Gasteiger partial charge is 0.462 e. The smallest absolute Gasteiger partial charge is 0.310 e. The molecule has 1 saturated carbocycles. The van der Waals surface area contributed by atoms with Crippen LogP contribution in [0.1, 0.15) is 19.3 Å². The Hall–Kier alpha value is -0.570. The van der Waals surface area contributed by atoms with Crippen molar-refractivity contribution in [1.82, 2.24) is 0 Å². The molecule has 1 saturated heterocycles. The molecule has 0 unspecified atom stereocenters. The van der Waals surface area contributed by atoms with Crippen molar-refractivity contribution in [2.75, 3.05) is 0 Å². The van der Waals surface area contributed by atoms with E-state index in [1.54, 1.807) is 0 Å². The van der Waals surface area contributed by atoms with Crippen molar-refractivity contribution >= 4 is 5.97 Å². The first-order valence-electron chi connectivity index (χ1n) is 3.73. The molecule has 1 aliphatic carbocycles. The zero-order chi connectivity index (χ0) is 7.14. The minimum Gasteiger partial charge on any atom is -0.462 e. The summed E-state index contributed by atoms with van der Waals surface area (Å²) >= 11 is 0. The van der Waals surface area contributed by atoms with Gasteiger partial charge in [-0.25, -0.2) is 0 Å². The Morgan fingerprint density at radius 2 is 2.30 bits per heavy atom. The number of ether oxygens (including phenoxy) is 1. The average Bonchev–Trinajstić information content (AvgIpc) is 2.21. The van der Waals surface area contributed by atoms with E-state index in [-0.39, 0.29) is 24.0 Å². The average molecular weight is 141 g/mol. The first-order chi connectivity index (χ1) is 4.77. The summed E-state index contributed by atoms with van der Waals surface area (Å²) in [6.45, 7) is 0. The molecule has 3 nitrogen and oxygen atoms in total. The molecule has 2 aliphatic rings. The van der Waals surface area contributed by atoms with Crippen molar-refractivity contribution in [3.8, 4) is 0 Å². The molecule has 0 aromatic heterocycles. The zero-order valence-electron chi connectivity index (χ0n) is 5.75. The van der Waals surface area contributed by atoms with Crippen molar-refractivity contribution < 1.29 is 9.53 Å². The number of fused-ring (bicyclic) bond motifs is 2. The topological polar surface area (TPSA) is 52.3 Å². The maximum Gasteiger partial charge on any atom is 0.310 e. The van der Waals surface area contributed by atoms with Gasteiger partial charge in [-0.1, -0.05) is 0 Å². The first kappa shape index (κ1) is 6.16. The summed E-state index contributed by atoms with van der Waals surface area (Å²) in [4.78, 5) is 11.0. The van der Waals surface area contributed by atoms with Crippen molar-refractivity contribution in [2.45, 2.75) is 31.4 Å². The van der Waals surface area contributed by atoms with Crippen LogP contribution in [0.5, 0.6) is 0 Å². The van der Waals surface area contributed by atoms with Gasteiger partial charge in [0.25, 0.3) is 0 Å². The van der Waals surface area contributed by atoms with Crippen LogP contribution in [0.25, 0.3) is 0 Å². The molecule has 0 aromatic carbocycles. The number of esters is 1. The zero-order valence-corrected chi connectivity index (χ0v) is 5.75. The SMILES string of the molecule is N[C@H]1CC[C@@H]2C[C@H]1C(=O)O2. The van der Waals surface area contributed by atoms with Gasteiger partial charge in [0, 0.05) is 6.04 Å². The second-order valence-electron chi connectivity index (χ2n) is 3.14. The molecule has 2 N–H and O–H groups in total. The molecule has 1 heterocycles. The number of hydrogen-bond acceptors (Lipinski definition) is 3. The number of carbonyl (C=O) groups is 1. The molecule has 3 heteroatoms. The van der Waals surface area contributed by atoms with Crippen molar-refractivity contribution in [3.63, 3.8) is 0 Å². The van der Waals surface area contributed by atoms with Crippen LogP contribution in [0, 0.1) is 5.92 Å². The number of hydrogen-bond donors (Lipinski definition) is 1. The van der Waals surface area contributed by atoms with E-state index in [2.05, 4.69) is 0 Å². The fraction of sp³-hybridized carbons (Fsp3) is 0.857. The molecule has 0 spiro atoms. The van der Waals surface area contributed by atoms with Gasteiger partial charge in [-0.2, -0.15) is 0 Å². The first-order valence-corrected chi connectivity index (χ1v) is 3.73. The van der Waals surface area contributed by atoms with Gasteiger partial charge in [0.1, 0.15) is 6.10 Å². The molecule has 0 aromatic rings. The van der Waals surface area contributed by atoms with Crippen molar-refractivity contribution in [1.29, 1.82) is 0 Å². The van der Waals surface area contributed by atoms with E-state index in [1.165, 1.54) is 0 Å². The molecule has 3 atom stereocenters. The Kier molecular flexibility index (Phi) is 1.20. The fourth-order valence-electron chi connectivity index (χ4n) is 1.79. The summed E-state index contributed by atoms with van der Waals surface area (Å²) in [7, 11) is 0. The van der Waals surface area contributed by atoms with Gasteiger partial charge in [0.05, 0.1) is 5.92 Å². The van der Waals surface area contributed by atoms with Crippen molar-refractivity contribution in [3.05, 3.63) is 0 Å². The van der Waals surface area contributed by atoms with Gasteiger partial charge >= 0.3 is 5.97 Å². The molecule has 2 bridgehead atoms. The molecular weight excluding hydrogens is 130 g/mol. The molecule has 2 fully saturated rings. The van der Waals surface area contributed by atoms with Crippen LogP contribution in [-0.2, 0) is 9.53 Å². The minimum absolute atomic E-state index is 0.0127. The van der Waals surface area contributed by atoms with Crippen LogP contribution < -0.4 is 5.73 Å². The van der Waals surface area contributed by atoms with Gasteiger partial charge in [0.15, 0.2) is 0 Å². The predicted molar refractivity (Wildman–Crippen MR) is 35.2 cm³/mol. The summed E-state index contributed by atoms with van der Waals surface area (Å²) in [5.74, 6) is -0.0613. The van der Waals surface area contributed by atoms with Gasteiger partial charge in [-0.3, -0.25) is 4.79 Å². The number of carbonyl (C=O) groups excluding carboxylic acids is 1. The highest BCUT2D eigenvalue weighted by Gasteiger charge is 2.42. The Balaban J connectivity index is 2.17. The Morgan fingerprint density at radius 1 is 1.50 bits per heavy atom. The van der Waals surface area contributed by atoms with E-state index in [9.17, 15) is 4.79 Å². The summed E-state index contributed by atoms with van der Waals surface area (Å²) in [5.41, 5.74) is 5.71. The highest BCUT2D eigenvalue weighted by molar-refractivity contribution is 5.75. The maximum absolute atomic E-state index is 11.0. The maximum atomic E-state index is 11.0. The third-order valence-corrected chi connectivity index (χ3v) is 2.44. The fourth-order valence-corrected chi connectivity index (χ4v) is 1.79. The van der Waals surface area contributed by atoms with Crippen LogP contribution in [0.15, 0.2) is 0 Å². The molecule has 0 radical (unpaired) electrons. The van der Waals surface area contributed by atoms with E-state index in [4.69, 9.17) is 10.5 Å². The van der Waals surface area contributed by atoms with Crippen LogP contribution in [-0.4, -0.2) is 18.1 Å². The van der Waals surface area contributed by atoms with Gasteiger partial charge in [-0.05, 0) is 19.3 Å². The lowest BCUT2D eigenvalue weighted by Gasteiger charge is -2.20. The van der Waals surface area contributed by atoms with E-state index in [0.717, 1.165) is 19.3 Å². The molecular formula is C7H11NO2. The standard InChI is InChI=1S/C7H11NO2/c8-6-2-1-4-3-5(6)7(9)10-4/h4-6H,1-3,8H2/t4-,5-,6+/m1/s1. The van der Waals surface area contributed by atoms with Crippen LogP contribution >= 0.6 is 0 Å². The number of nitrogens with two attached hydrogens (primary N) is 1. The quantitative estimate of drug-likeness (QED) is 0.484. The third kappa shape index (κ3) is 0.736. The molecule has 1 aliphatic heterocycles. The molecule has 10 heavy (non-hydrogen) atoms. The lowest BCUT2D eigenvalue weighted by Crippen LogP contribution is -2.35. The molecule has 56 valence electrons. The Morgan fingerprint density at radius 3 is 3.00 bits per heavy atom. The van der Waals surface area contributed by atoms with Crippen LogP contribution in [0.3, 0.4) is 0 Å². The highest BCUT2D eigenvalue weighted by atomic mass is 16.6. The summed E-state index contributed by atoms with van der Waals surface area (Å²) < 4.78 is 5.04. The van der Waals surface area contributed by atoms with Crippen LogP contribution in [0.2, 0.25) is 0 Å². The van der Waals surface area contributed by atoms with Gasteiger partial charge in [0.2, 0.25) is 0 Å². The summed E-state index contributed by atoms with van der Waals surface area (Å²) in [5, 5.41) is 0. The molecule has 0 amide bonds.